The molecule has 1 aliphatic heterocycles. The van der Waals surface area contributed by atoms with Crippen LogP contribution in [0.5, 0.6) is 0 Å². The average molecular weight is 528 g/mol. The second-order valence-corrected chi connectivity index (χ2v) is 9.59. The molecule has 1 aromatic heterocycles. The van der Waals surface area contributed by atoms with Gasteiger partial charge in [-0.1, -0.05) is 48.0 Å². The van der Waals surface area contributed by atoms with Crippen LogP contribution in [0.4, 0.5) is 5.69 Å². The number of amides is 2. The minimum Gasteiger partial charge on any atom is -0.306 e. The van der Waals surface area contributed by atoms with E-state index in [-0.39, 0.29) is 36.3 Å². The molecule has 2 heterocycles. The van der Waals surface area contributed by atoms with Crippen LogP contribution in [0.15, 0.2) is 77.1 Å². The number of hydrogen-bond acceptors (Lipinski definition) is 6. The van der Waals surface area contributed by atoms with E-state index in [0.717, 1.165) is 0 Å². The number of fused-ring (bicyclic) bond motifs is 2. The van der Waals surface area contributed by atoms with Gasteiger partial charge >= 0.3 is 0 Å². The lowest BCUT2D eigenvalue weighted by Crippen LogP contribution is -2.37. The first-order valence-electron chi connectivity index (χ1n) is 12.4. The number of carbonyl (C=O) groups is 2. The summed E-state index contributed by atoms with van der Waals surface area (Å²) in [5.74, 6) is 2.32. The van der Waals surface area contributed by atoms with Gasteiger partial charge in [0.05, 0.1) is 28.6 Å². The highest BCUT2D eigenvalue weighted by Crippen LogP contribution is 2.31. The van der Waals surface area contributed by atoms with E-state index in [0.29, 0.717) is 52.4 Å². The quantitative estimate of drug-likeness (QED) is 0.249. The Morgan fingerprint density at radius 1 is 1.16 bits per heavy atom. The van der Waals surface area contributed by atoms with Crippen LogP contribution in [0.25, 0.3) is 10.9 Å². The van der Waals surface area contributed by atoms with E-state index in [1.54, 1.807) is 24.3 Å². The molecular formula is C29H26ClN5O3. The van der Waals surface area contributed by atoms with Gasteiger partial charge in [0.2, 0.25) is 5.91 Å². The molecule has 1 fully saturated rings. The predicted octanol–water partition coefficient (Wildman–Crippen LogP) is 3.84. The van der Waals surface area contributed by atoms with E-state index in [2.05, 4.69) is 16.7 Å². The monoisotopic (exact) mass is 527 g/mol. The van der Waals surface area contributed by atoms with Gasteiger partial charge in [0.25, 0.3) is 11.5 Å². The van der Waals surface area contributed by atoms with E-state index in [9.17, 15) is 14.4 Å². The van der Waals surface area contributed by atoms with Gasteiger partial charge < -0.3 is 5.32 Å². The molecule has 38 heavy (non-hydrogen) atoms. The maximum atomic E-state index is 13.5. The van der Waals surface area contributed by atoms with Gasteiger partial charge in [0.15, 0.2) is 0 Å². The fraction of sp³-hybridized carbons (Fsp3) is 0.241. The number of terminal acetylenes is 1. The Hall–Kier alpha value is -4.19. The van der Waals surface area contributed by atoms with Gasteiger partial charge in [-0.3, -0.25) is 24.7 Å². The molecule has 0 bridgehead atoms. The Balaban J connectivity index is 1.38. The van der Waals surface area contributed by atoms with Gasteiger partial charge in [-0.2, -0.15) is 0 Å². The van der Waals surface area contributed by atoms with E-state index in [4.69, 9.17) is 23.0 Å². The number of carbonyl (C=O) groups excluding carboxylic acids is 2. The molecule has 1 unspecified atom stereocenters. The van der Waals surface area contributed by atoms with Crippen molar-refractivity contribution in [2.45, 2.75) is 25.3 Å². The molecule has 0 spiro atoms. The summed E-state index contributed by atoms with van der Waals surface area (Å²) in [4.78, 5) is 45.0. The summed E-state index contributed by atoms with van der Waals surface area (Å²) in [6.07, 6.45) is 12.5. The van der Waals surface area contributed by atoms with Crippen LogP contribution in [-0.2, 0) is 9.59 Å². The van der Waals surface area contributed by atoms with E-state index in [1.165, 1.54) is 9.58 Å². The zero-order valence-electron chi connectivity index (χ0n) is 20.6. The number of nitrogens with zero attached hydrogens (tertiary/aromatic N) is 3. The van der Waals surface area contributed by atoms with Gasteiger partial charge in [0, 0.05) is 23.6 Å². The predicted molar refractivity (Wildman–Crippen MR) is 147 cm³/mol. The van der Waals surface area contributed by atoms with Gasteiger partial charge in [-0.05, 0) is 49.7 Å². The van der Waals surface area contributed by atoms with Crippen molar-refractivity contribution in [3.63, 3.8) is 0 Å². The molecule has 0 radical (unpaired) electrons. The topological polar surface area (TPSA) is 96.3 Å². The lowest BCUT2D eigenvalue weighted by Gasteiger charge is -2.22. The Labute approximate surface area is 225 Å². The molecular weight excluding hydrogens is 502 g/mol. The van der Waals surface area contributed by atoms with Crippen molar-refractivity contribution in [3.05, 3.63) is 93.5 Å². The summed E-state index contributed by atoms with van der Waals surface area (Å²) in [7, 11) is 0. The molecule has 5 rings (SSSR count). The first-order valence-corrected chi connectivity index (χ1v) is 12.8. The smallest absolute Gasteiger partial charge is 0.280 e. The lowest BCUT2D eigenvalue weighted by molar-refractivity contribution is -0.139. The van der Waals surface area contributed by atoms with Gasteiger partial charge in [-0.15, -0.1) is 12.3 Å². The molecule has 2 aromatic carbocycles. The molecule has 2 aliphatic rings. The Morgan fingerprint density at radius 3 is 2.74 bits per heavy atom. The third-order valence-electron chi connectivity index (χ3n) is 6.67. The number of benzene rings is 2. The maximum absolute atomic E-state index is 13.5. The number of nitrogens with one attached hydrogen (secondary N) is 2. The molecule has 8 nitrogen and oxygen atoms in total. The third-order valence-corrected chi connectivity index (χ3v) is 6.91. The van der Waals surface area contributed by atoms with Crippen LogP contribution in [0, 0.1) is 18.3 Å². The molecule has 9 heteroatoms. The summed E-state index contributed by atoms with van der Waals surface area (Å²) in [5.41, 5.74) is 4.60. The Bertz CT molecular complexity index is 1550. The second kappa shape index (κ2) is 11.1. The molecule has 2 N–H and O–H groups in total. The molecule has 1 saturated heterocycles. The van der Waals surface area contributed by atoms with Crippen LogP contribution in [0.2, 0.25) is 5.02 Å². The van der Waals surface area contributed by atoms with Gasteiger partial charge in [-0.25, -0.2) is 9.66 Å². The van der Waals surface area contributed by atoms with Crippen molar-refractivity contribution >= 4 is 40.0 Å². The maximum Gasteiger partial charge on any atom is 0.280 e. The van der Waals surface area contributed by atoms with Gasteiger partial charge in [0.1, 0.15) is 5.82 Å². The van der Waals surface area contributed by atoms with Crippen molar-refractivity contribution in [3.8, 4) is 12.3 Å². The van der Waals surface area contributed by atoms with E-state index in [1.807, 2.05) is 42.5 Å². The third kappa shape index (κ3) is 4.99. The van der Waals surface area contributed by atoms with Crippen LogP contribution < -0.4 is 16.3 Å². The summed E-state index contributed by atoms with van der Waals surface area (Å²) >= 11 is 6.19. The van der Waals surface area contributed by atoms with Crippen LogP contribution in [-0.4, -0.2) is 39.5 Å². The highest BCUT2D eigenvalue weighted by atomic mass is 35.5. The standard InChI is InChI=1S/C29H26ClN5O3/c1-2-9-24(31-16-8-17-34-27(36)21-12-6-7-13-22(21)28(34)37)26-32-25-18-19(30)14-15-23(25)29(38)35(26)33-20-10-4-3-5-11-20/h1,3-7,10-12,14-15,18,22,24,31,33H,8-9,13,16-17H2/t22-,24?/m1/s1. The zero-order chi connectivity index (χ0) is 26.6. The SMILES string of the molecule is C#CCC(NCCCN1C(=O)C2=CC=CC[C@H]2C1=O)c1nc2cc(Cl)ccc2c(=O)n1Nc1ccccc1. The molecule has 3 aromatic rings. The number of halogens is 1. The van der Waals surface area contributed by atoms with E-state index < -0.39 is 6.04 Å². The number of rotatable bonds is 9. The number of allylic oxidation sites excluding steroid dienone is 3. The second-order valence-electron chi connectivity index (χ2n) is 9.15. The minimum atomic E-state index is -0.480. The molecule has 192 valence electrons. The fourth-order valence-electron chi connectivity index (χ4n) is 4.79. The molecule has 2 amide bonds. The highest BCUT2D eigenvalue weighted by molar-refractivity contribution is 6.31. The van der Waals surface area contributed by atoms with Crippen LogP contribution in [0.3, 0.4) is 0 Å². The highest BCUT2D eigenvalue weighted by Gasteiger charge is 2.42. The Morgan fingerprint density at radius 2 is 1.97 bits per heavy atom. The fourth-order valence-corrected chi connectivity index (χ4v) is 4.95. The van der Waals surface area contributed by atoms with Crippen molar-refractivity contribution in [1.29, 1.82) is 0 Å². The molecule has 2 atom stereocenters. The summed E-state index contributed by atoms with van der Waals surface area (Å²) in [6.45, 7) is 0.733. The van der Waals surface area contributed by atoms with Crippen molar-refractivity contribution in [2.75, 3.05) is 18.5 Å². The number of para-hydroxylation sites is 1. The number of imide groups is 1. The first kappa shape index (κ1) is 25.5. The van der Waals surface area contributed by atoms with Crippen LogP contribution >= 0.6 is 11.6 Å². The van der Waals surface area contributed by atoms with Crippen LogP contribution in [0.1, 0.15) is 31.1 Å². The lowest BCUT2D eigenvalue weighted by atomic mass is 9.94. The largest absolute Gasteiger partial charge is 0.306 e. The number of hydrogen-bond donors (Lipinski definition) is 2. The number of likely N-dealkylation sites (tertiary alicyclic amines) is 1. The van der Waals surface area contributed by atoms with Crippen molar-refractivity contribution in [1.82, 2.24) is 19.9 Å². The average Bonchev–Trinajstić information content (AvgIpc) is 3.17. The normalized spacial score (nSPS) is 17.3. The molecule has 0 saturated carbocycles. The summed E-state index contributed by atoms with van der Waals surface area (Å²) in [6, 6.07) is 13.8. The minimum absolute atomic E-state index is 0.153. The summed E-state index contributed by atoms with van der Waals surface area (Å²) in [5, 5.41) is 4.26. The molecule has 1 aliphatic carbocycles. The summed E-state index contributed by atoms with van der Waals surface area (Å²) < 4.78 is 1.40. The first-order chi connectivity index (χ1) is 18.5. The van der Waals surface area contributed by atoms with Crippen molar-refractivity contribution < 1.29 is 9.59 Å². The number of aromatic nitrogens is 2. The van der Waals surface area contributed by atoms with E-state index >= 15 is 0 Å². The Kier molecular flexibility index (Phi) is 7.40. The van der Waals surface area contributed by atoms with Crippen molar-refractivity contribution in [2.24, 2.45) is 5.92 Å². The number of anilines is 1. The zero-order valence-corrected chi connectivity index (χ0v) is 21.3.